The first-order valence-corrected chi connectivity index (χ1v) is 8.66. The third-order valence-electron chi connectivity index (χ3n) is 4.47. The number of aliphatic imine (C=N–C) groups is 1. The van der Waals surface area contributed by atoms with Crippen LogP contribution in [0.1, 0.15) is 31.2 Å². The van der Waals surface area contributed by atoms with Crippen LogP contribution in [0.2, 0.25) is 0 Å². The number of rotatable bonds is 7. The van der Waals surface area contributed by atoms with Crippen LogP contribution in [0.15, 0.2) is 17.4 Å². The van der Waals surface area contributed by atoms with E-state index in [2.05, 4.69) is 33.6 Å². The van der Waals surface area contributed by atoms with Gasteiger partial charge in [-0.15, -0.1) is 0 Å². The summed E-state index contributed by atoms with van der Waals surface area (Å²) in [4.78, 5) is 6.63. The van der Waals surface area contributed by atoms with Crippen molar-refractivity contribution in [3.8, 4) is 0 Å². The van der Waals surface area contributed by atoms with Crippen molar-refractivity contribution in [3.05, 3.63) is 18.0 Å². The Morgan fingerprint density at radius 3 is 2.91 bits per heavy atom. The molecule has 2 heterocycles. The van der Waals surface area contributed by atoms with E-state index in [0.717, 1.165) is 51.0 Å². The lowest BCUT2D eigenvalue weighted by Gasteiger charge is -2.26. The Morgan fingerprint density at radius 1 is 1.48 bits per heavy atom. The molecule has 0 aromatic carbocycles. The average molecular weight is 321 g/mol. The van der Waals surface area contributed by atoms with E-state index in [1.807, 2.05) is 25.0 Å². The number of nitrogens with zero attached hydrogens (tertiary/aromatic N) is 4. The zero-order valence-electron chi connectivity index (χ0n) is 14.8. The van der Waals surface area contributed by atoms with Crippen LogP contribution in [0.4, 0.5) is 0 Å². The van der Waals surface area contributed by atoms with Gasteiger partial charge in [-0.3, -0.25) is 9.67 Å². The van der Waals surface area contributed by atoms with Crippen molar-refractivity contribution < 1.29 is 4.74 Å². The summed E-state index contributed by atoms with van der Waals surface area (Å²) in [6.07, 6.45) is 9.76. The molecule has 0 spiro atoms. The molecule has 6 heteroatoms. The molecule has 1 aliphatic heterocycles. The topological polar surface area (TPSA) is 54.7 Å². The van der Waals surface area contributed by atoms with Crippen LogP contribution >= 0.6 is 0 Å². The molecule has 6 nitrogen and oxygen atoms in total. The molecule has 2 rings (SSSR count). The lowest BCUT2D eigenvalue weighted by atomic mass is 9.96. The lowest BCUT2D eigenvalue weighted by molar-refractivity contribution is 0.0625. The fourth-order valence-corrected chi connectivity index (χ4v) is 3.00. The van der Waals surface area contributed by atoms with Crippen molar-refractivity contribution in [2.45, 2.75) is 32.1 Å². The minimum Gasteiger partial charge on any atom is -0.381 e. The second-order valence-corrected chi connectivity index (χ2v) is 6.37. The van der Waals surface area contributed by atoms with Crippen LogP contribution < -0.4 is 5.32 Å². The smallest absolute Gasteiger partial charge is 0.193 e. The van der Waals surface area contributed by atoms with Gasteiger partial charge in [-0.05, 0) is 43.6 Å². The van der Waals surface area contributed by atoms with Gasteiger partial charge in [0.2, 0.25) is 0 Å². The van der Waals surface area contributed by atoms with Crippen molar-refractivity contribution in [3.63, 3.8) is 0 Å². The predicted octanol–water partition coefficient (Wildman–Crippen LogP) is 1.68. The highest BCUT2D eigenvalue weighted by molar-refractivity contribution is 5.79. The number of nitrogens with one attached hydrogen (secondary N) is 1. The van der Waals surface area contributed by atoms with Crippen molar-refractivity contribution in [1.29, 1.82) is 0 Å². The molecule has 0 amide bonds. The molecule has 1 fully saturated rings. The molecule has 1 N–H and O–H groups in total. The molecule has 0 aliphatic carbocycles. The van der Waals surface area contributed by atoms with E-state index in [-0.39, 0.29) is 0 Å². The highest BCUT2D eigenvalue weighted by Gasteiger charge is 2.15. The van der Waals surface area contributed by atoms with Gasteiger partial charge >= 0.3 is 0 Å². The molecule has 0 atom stereocenters. The molecule has 0 bridgehead atoms. The van der Waals surface area contributed by atoms with Gasteiger partial charge in [-0.2, -0.15) is 5.10 Å². The van der Waals surface area contributed by atoms with E-state index < -0.39 is 0 Å². The summed E-state index contributed by atoms with van der Waals surface area (Å²) >= 11 is 0. The summed E-state index contributed by atoms with van der Waals surface area (Å²) in [5, 5.41) is 7.66. The van der Waals surface area contributed by atoms with Crippen LogP contribution in [0, 0.1) is 5.92 Å². The number of ether oxygens (including phenoxy) is 1. The largest absolute Gasteiger partial charge is 0.381 e. The van der Waals surface area contributed by atoms with Crippen molar-refractivity contribution in [2.24, 2.45) is 18.0 Å². The quantitative estimate of drug-likeness (QED) is 0.472. The number of hydrogen-bond donors (Lipinski definition) is 1. The summed E-state index contributed by atoms with van der Waals surface area (Å²) in [6, 6.07) is 0. The van der Waals surface area contributed by atoms with Crippen molar-refractivity contribution in [1.82, 2.24) is 20.0 Å². The third kappa shape index (κ3) is 6.22. The molecule has 0 saturated carbocycles. The van der Waals surface area contributed by atoms with E-state index >= 15 is 0 Å². The van der Waals surface area contributed by atoms with Gasteiger partial charge < -0.3 is 15.0 Å². The monoisotopic (exact) mass is 321 g/mol. The number of guanidine groups is 1. The number of aromatic nitrogens is 2. The molecule has 0 unspecified atom stereocenters. The lowest BCUT2D eigenvalue weighted by Crippen LogP contribution is -2.40. The standard InChI is InChI=1S/C17H31N5O/c1-18-17(19-9-4-5-16-13-20-22(3)14-16)21(2)10-6-15-7-11-23-12-8-15/h13-15H,4-12H2,1-3H3,(H,18,19). The van der Waals surface area contributed by atoms with Crippen LogP contribution in [-0.4, -0.2) is 61.0 Å². The summed E-state index contributed by atoms with van der Waals surface area (Å²) in [5.41, 5.74) is 1.29. The molecule has 1 saturated heterocycles. The van der Waals surface area contributed by atoms with Crippen LogP contribution in [0.5, 0.6) is 0 Å². The van der Waals surface area contributed by atoms with Crippen LogP contribution in [0.25, 0.3) is 0 Å². The molecule has 1 aliphatic rings. The highest BCUT2D eigenvalue weighted by Crippen LogP contribution is 2.18. The zero-order chi connectivity index (χ0) is 16.5. The number of aryl methyl sites for hydroxylation is 2. The molecule has 0 radical (unpaired) electrons. The van der Waals surface area contributed by atoms with Crippen LogP contribution in [-0.2, 0) is 18.2 Å². The summed E-state index contributed by atoms with van der Waals surface area (Å²) in [5.74, 6) is 1.79. The Balaban J connectivity index is 1.63. The van der Waals surface area contributed by atoms with E-state index in [0.29, 0.717) is 0 Å². The van der Waals surface area contributed by atoms with Gasteiger partial charge in [0.15, 0.2) is 5.96 Å². The van der Waals surface area contributed by atoms with Crippen molar-refractivity contribution in [2.75, 3.05) is 40.4 Å². The molecule has 1 aromatic rings. The summed E-state index contributed by atoms with van der Waals surface area (Å²) in [7, 11) is 5.93. The Bertz CT molecular complexity index is 479. The summed E-state index contributed by atoms with van der Waals surface area (Å²) < 4.78 is 7.28. The second-order valence-electron chi connectivity index (χ2n) is 6.37. The van der Waals surface area contributed by atoms with Gasteiger partial charge in [0, 0.05) is 53.6 Å². The van der Waals surface area contributed by atoms with E-state index in [4.69, 9.17) is 4.74 Å². The maximum absolute atomic E-state index is 5.42. The van der Waals surface area contributed by atoms with Gasteiger partial charge in [-0.25, -0.2) is 0 Å². The Kier molecular flexibility index (Phi) is 7.39. The van der Waals surface area contributed by atoms with Gasteiger partial charge in [0.05, 0.1) is 6.20 Å². The first kappa shape index (κ1) is 17.8. The minimum absolute atomic E-state index is 0.801. The molecule has 23 heavy (non-hydrogen) atoms. The first-order valence-electron chi connectivity index (χ1n) is 8.66. The highest BCUT2D eigenvalue weighted by atomic mass is 16.5. The zero-order valence-corrected chi connectivity index (χ0v) is 14.8. The van der Waals surface area contributed by atoms with Gasteiger partial charge in [0.1, 0.15) is 0 Å². The van der Waals surface area contributed by atoms with E-state index in [9.17, 15) is 0 Å². The SMILES string of the molecule is CN=C(NCCCc1cnn(C)c1)N(C)CCC1CCOCC1. The maximum atomic E-state index is 5.42. The second kappa shape index (κ2) is 9.55. The Labute approximate surface area is 139 Å². The molecule has 130 valence electrons. The first-order chi connectivity index (χ1) is 11.2. The normalized spacial score (nSPS) is 16.6. The van der Waals surface area contributed by atoms with Crippen LogP contribution in [0.3, 0.4) is 0 Å². The fourth-order valence-electron chi connectivity index (χ4n) is 3.00. The Morgan fingerprint density at radius 2 is 2.26 bits per heavy atom. The molecular formula is C17H31N5O. The average Bonchev–Trinajstić information content (AvgIpc) is 2.99. The Hall–Kier alpha value is -1.56. The third-order valence-corrected chi connectivity index (χ3v) is 4.47. The maximum Gasteiger partial charge on any atom is 0.193 e. The molecule has 1 aromatic heterocycles. The van der Waals surface area contributed by atoms with E-state index in [1.165, 1.54) is 24.8 Å². The minimum atomic E-state index is 0.801. The van der Waals surface area contributed by atoms with Gasteiger partial charge in [0.25, 0.3) is 0 Å². The predicted molar refractivity (Wildman–Crippen MR) is 93.7 cm³/mol. The number of hydrogen-bond acceptors (Lipinski definition) is 3. The summed E-state index contributed by atoms with van der Waals surface area (Å²) in [6.45, 7) is 3.83. The fraction of sp³-hybridized carbons (Fsp3) is 0.765. The molecular weight excluding hydrogens is 290 g/mol. The van der Waals surface area contributed by atoms with E-state index in [1.54, 1.807) is 0 Å². The van der Waals surface area contributed by atoms with Gasteiger partial charge in [-0.1, -0.05) is 0 Å². The van der Waals surface area contributed by atoms with Crippen molar-refractivity contribution >= 4 is 5.96 Å².